The van der Waals surface area contributed by atoms with E-state index in [4.69, 9.17) is 0 Å². The maximum absolute atomic E-state index is 13.6. The van der Waals surface area contributed by atoms with E-state index in [-0.39, 0.29) is 22.6 Å². The molecular formula is C15H16FN3O2. The van der Waals surface area contributed by atoms with E-state index >= 15 is 0 Å². The van der Waals surface area contributed by atoms with Crippen LogP contribution in [0.15, 0.2) is 23.0 Å². The minimum absolute atomic E-state index is 0.0247. The van der Waals surface area contributed by atoms with Crippen LogP contribution < -0.4 is 10.7 Å². The van der Waals surface area contributed by atoms with Gasteiger partial charge in [-0.15, -0.1) is 0 Å². The number of hydrogen-bond donors (Lipinski definition) is 2. The van der Waals surface area contributed by atoms with Crippen molar-refractivity contribution in [2.75, 3.05) is 0 Å². The molecule has 0 unspecified atom stereocenters. The Kier molecular flexibility index (Phi) is 3.68. The number of halogens is 1. The Labute approximate surface area is 120 Å². The van der Waals surface area contributed by atoms with Gasteiger partial charge in [-0.25, -0.2) is 4.39 Å². The number of benzene rings is 1. The van der Waals surface area contributed by atoms with Crippen molar-refractivity contribution in [3.05, 3.63) is 39.9 Å². The molecule has 0 spiro atoms. The van der Waals surface area contributed by atoms with Gasteiger partial charge in [0.25, 0.3) is 5.91 Å². The second-order valence-electron chi connectivity index (χ2n) is 5.37. The number of nitrogens with one attached hydrogen (secondary N) is 2. The van der Waals surface area contributed by atoms with Crippen molar-refractivity contribution >= 4 is 16.8 Å². The molecule has 0 aliphatic heterocycles. The number of carbonyl (C=O) groups excluding carboxylic acids is 1. The van der Waals surface area contributed by atoms with Crippen LogP contribution in [0.5, 0.6) is 0 Å². The highest BCUT2D eigenvalue weighted by Crippen LogP contribution is 2.17. The highest BCUT2D eigenvalue weighted by atomic mass is 19.1. The van der Waals surface area contributed by atoms with Crippen LogP contribution in [0.2, 0.25) is 0 Å². The highest BCUT2D eigenvalue weighted by Gasteiger charge is 2.20. The van der Waals surface area contributed by atoms with E-state index < -0.39 is 17.2 Å². The van der Waals surface area contributed by atoms with Crippen molar-refractivity contribution in [2.45, 2.75) is 38.1 Å². The van der Waals surface area contributed by atoms with Gasteiger partial charge in [0.15, 0.2) is 5.69 Å². The molecule has 1 aromatic heterocycles. The van der Waals surface area contributed by atoms with Gasteiger partial charge in [0, 0.05) is 6.04 Å². The van der Waals surface area contributed by atoms with E-state index in [1.807, 2.05) is 0 Å². The monoisotopic (exact) mass is 289 g/mol. The average Bonchev–Trinajstić information content (AvgIpc) is 2.49. The third-order valence-electron chi connectivity index (χ3n) is 3.91. The highest BCUT2D eigenvalue weighted by molar-refractivity contribution is 5.95. The second-order valence-corrected chi connectivity index (χ2v) is 5.37. The Morgan fingerprint density at radius 1 is 1.29 bits per heavy atom. The van der Waals surface area contributed by atoms with Gasteiger partial charge in [0.2, 0.25) is 5.43 Å². The number of fused-ring (bicyclic) bond motifs is 1. The number of carbonyl (C=O) groups is 1. The van der Waals surface area contributed by atoms with Crippen molar-refractivity contribution in [3.63, 3.8) is 0 Å². The van der Waals surface area contributed by atoms with Gasteiger partial charge < -0.3 is 5.32 Å². The average molecular weight is 289 g/mol. The Hall–Kier alpha value is -2.24. The number of rotatable bonds is 2. The Morgan fingerprint density at radius 2 is 2.05 bits per heavy atom. The molecule has 1 saturated carbocycles. The number of amides is 1. The summed E-state index contributed by atoms with van der Waals surface area (Å²) in [6.07, 6.45) is 5.19. The summed E-state index contributed by atoms with van der Waals surface area (Å²) in [5, 5.41) is 9.18. The van der Waals surface area contributed by atoms with Crippen molar-refractivity contribution < 1.29 is 9.18 Å². The smallest absolute Gasteiger partial charge is 0.276 e. The van der Waals surface area contributed by atoms with Crippen LogP contribution in [0.1, 0.15) is 42.6 Å². The summed E-state index contributed by atoms with van der Waals surface area (Å²) in [5.41, 5.74) is -0.730. The number of aromatic amines is 1. The van der Waals surface area contributed by atoms with E-state index in [1.54, 1.807) is 0 Å². The molecule has 21 heavy (non-hydrogen) atoms. The van der Waals surface area contributed by atoms with Gasteiger partial charge in [-0.1, -0.05) is 25.3 Å². The van der Waals surface area contributed by atoms with E-state index in [2.05, 4.69) is 15.5 Å². The summed E-state index contributed by atoms with van der Waals surface area (Å²) >= 11 is 0. The lowest BCUT2D eigenvalue weighted by Gasteiger charge is -2.22. The van der Waals surface area contributed by atoms with E-state index in [0.29, 0.717) is 0 Å². The molecule has 110 valence electrons. The van der Waals surface area contributed by atoms with Gasteiger partial charge in [0.1, 0.15) is 11.3 Å². The zero-order valence-corrected chi connectivity index (χ0v) is 11.5. The van der Waals surface area contributed by atoms with Crippen LogP contribution in [-0.2, 0) is 0 Å². The van der Waals surface area contributed by atoms with Crippen LogP contribution in [0.25, 0.3) is 10.9 Å². The van der Waals surface area contributed by atoms with Gasteiger partial charge in [-0.3, -0.25) is 14.7 Å². The molecule has 3 rings (SSSR count). The maximum atomic E-state index is 13.6. The predicted octanol–water partition coefficient (Wildman–Crippen LogP) is 2.12. The number of H-pyrrole nitrogens is 1. The molecule has 2 N–H and O–H groups in total. The van der Waals surface area contributed by atoms with Gasteiger partial charge in [-0.2, -0.15) is 5.10 Å². The molecule has 6 heteroatoms. The van der Waals surface area contributed by atoms with E-state index in [0.717, 1.165) is 25.7 Å². The summed E-state index contributed by atoms with van der Waals surface area (Å²) in [6, 6.07) is 4.25. The van der Waals surface area contributed by atoms with Crippen molar-refractivity contribution in [2.24, 2.45) is 0 Å². The summed E-state index contributed by atoms with van der Waals surface area (Å²) in [7, 11) is 0. The first kappa shape index (κ1) is 13.7. The molecule has 1 aromatic carbocycles. The summed E-state index contributed by atoms with van der Waals surface area (Å²) in [5.74, 6) is -1.05. The minimum Gasteiger partial charge on any atom is -0.348 e. The van der Waals surface area contributed by atoms with Crippen LogP contribution in [0.4, 0.5) is 4.39 Å². The predicted molar refractivity (Wildman–Crippen MR) is 76.7 cm³/mol. The largest absolute Gasteiger partial charge is 0.348 e. The number of nitrogens with zero attached hydrogens (tertiary/aromatic N) is 1. The van der Waals surface area contributed by atoms with Crippen LogP contribution in [0, 0.1) is 5.82 Å². The number of hydrogen-bond acceptors (Lipinski definition) is 3. The topological polar surface area (TPSA) is 74.8 Å². The van der Waals surface area contributed by atoms with Gasteiger partial charge in [0.05, 0.1) is 5.39 Å². The summed E-state index contributed by atoms with van der Waals surface area (Å²) in [6.45, 7) is 0. The number of aromatic nitrogens is 2. The molecule has 0 atom stereocenters. The molecule has 0 saturated heterocycles. The lowest BCUT2D eigenvalue weighted by Crippen LogP contribution is -2.39. The van der Waals surface area contributed by atoms with Gasteiger partial charge >= 0.3 is 0 Å². The molecule has 5 nitrogen and oxygen atoms in total. The molecular weight excluding hydrogens is 273 g/mol. The van der Waals surface area contributed by atoms with Crippen molar-refractivity contribution in [1.82, 2.24) is 15.5 Å². The Bertz CT molecular complexity index is 735. The minimum atomic E-state index is -0.559. The zero-order valence-electron chi connectivity index (χ0n) is 11.5. The van der Waals surface area contributed by atoms with Crippen LogP contribution in [0.3, 0.4) is 0 Å². The lowest BCUT2D eigenvalue weighted by atomic mass is 9.95. The van der Waals surface area contributed by atoms with Crippen LogP contribution >= 0.6 is 0 Å². The molecule has 2 aromatic rings. The van der Waals surface area contributed by atoms with E-state index in [1.165, 1.54) is 24.6 Å². The summed E-state index contributed by atoms with van der Waals surface area (Å²) < 4.78 is 13.6. The third kappa shape index (κ3) is 2.66. The molecule has 1 aliphatic carbocycles. The Balaban J connectivity index is 1.91. The van der Waals surface area contributed by atoms with Gasteiger partial charge in [-0.05, 0) is 25.0 Å². The molecule has 1 aliphatic rings. The maximum Gasteiger partial charge on any atom is 0.276 e. The molecule has 1 heterocycles. The quantitative estimate of drug-likeness (QED) is 0.889. The fraction of sp³-hybridized carbons (Fsp3) is 0.400. The first-order valence-corrected chi connectivity index (χ1v) is 7.14. The fourth-order valence-corrected chi connectivity index (χ4v) is 2.77. The third-order valence-corrected chi connectivity index (χ3v) is 3.91. The first-order valence-electron chi connectivity index (χ1n) is 7.14. The molecule has 0 bridgehead atoms. The normalized spacial score (nSPS) is 16.0. The zero-order chi connectivity index (χ0) is 14.8. The molecule has 1 amide bonds. The molecule has 0 radical (unpaired) electrons. The van der Waals surface area contributed by atoms with Crippen molar-refractivity contribution in [3.8, 4) is 0 Å². The number of para-hydroxylation sites is 1. The molecule has 1 fully saturated rings. The fourth-order valence-electron chi connectivity index (χ4n) is 2.77. The van der Waals surface area contributed by atoms with E-state index in [9.17, 15) is 14.0 Å². The second kappa shape index (κ2) is 5.63. The van der Waals surface area contributed by atoms with Crippen molar-refractivity contribution in [1.29, 1.82) is 0 Å². The first-order chi connectivity index (χ1) is 10.2. The SMILES string of the molecule is O=C(NC1CCCCC1)c1n[nH]c2c(F)cccc2c1=O. The van der Waals surface area contributed by atoms with Crippen LogP contribution in [-0.4, -0.2) is 22.1 Å². The lowest BCUT2D eigenvalue weighted by molar-refractivity contribution is 0.0920. The summed E-state index contributed by atoms with van der Waals surface area (Å²) in [4.78, 5) is 24.4. The standard InChI is InChI=1S/C15H16FN3O2/c16-11-8-4-7-10-12(11)18-19-13(14(10)20)15(21)17-9-5-2-1-3-6-9/h4,7-9H,1-3,5-6H2,(H,17,21)(H,18,20). The Morgan fingerprint density at radius 3 is 2.81 bits per heavy atom.